The molecule has 0 atom stereocenters. The fraction of sp³-hybridized carbons (Fsp3) is 0.367. The number of carbonyl (C=O) groups excluding carboxylic acids is 1. The summed E-state index contributed by atoms with van der Waals surface area (Å²) >= 11 is 0. The molecule has 2 amide bonds. The Balaban J connectivity index is 1.48. The van der Waals surface area contributed by atoms with Gasteiger partial charge in [0, 0.05) is 43.6 Å². The van der Waals surface area contributed by atoms with Gasteiger partial charge in [-0.05, 0) is 62.3 Å². The Bertz CT molecular complexity index is 1280. The van der Waals surface area contributed by atoms with E-state index in [2.05, 4.69) is 36.0 Å². The van der Waals surface area contributed by atoms with Crippen LogP contribution in [0.25, 0.3) is 0 Å². The van der Waals surface area contributed by atoms with E-state index in [4.69, 9.17) is 4.74 Å². The van der Waals surface area contributed by atoms with Gasteiger partial charge in [0.1, 0.15) is 12.3 Å². The summed E-state index contributed by atoms with van der Waals surface area (Å²) in [5.41, 5.74) is 9.49. The predicted octanol–water partition coefficient (Wildman–Crippen LogP) is 5.87. The SMILES string of the molecule is Cc1ccccc1C1CC[N+](Cc2ccc(Oc3cc(F)c(F)cc3F)cc2)(C(=O)NNCCN(C)C)CC1. The molecule has 0 bridgehead atoms. The smallest absolute Gasteiger partial charge is 0.431 e. The number of hydrogen-bond acceptors (Lipinski definition) is 4. The molecular formula is C30H36F3N4O2+. The summed E-state index contributed by atoms with van der Waals surface area (Å²) in [6.45, 7) is 5.37. The summed E-state index contributed by atoms with van der Waals surface area (Å²) in [6.07, 6.45) is 1.76. The van der Waals surface area contributed by atoms with E-state index >= 15 is 0 Å². The highest BCUT2D eigenvalue weighted by atomic mass is 19.2. The Labute approximate surface area is 227 Å². The monoisotopic (exact) mass is 541 g/mol. The van der Waals surface area contributed by atoms with Gasteiger partial charge in [0.25, 0.3) is 0 Å². The highest BCUT2D eigenvalue weighted by Crippen LogP contribution is 2.35. The average molecular weight is 542 g/mol. The zero-order chi connectivity index (χ0) is 28.0. The third kappa shape index (κ3) is 7.17. The summed E-state index contributed by atoms with van der Waals surface area (Å²) in [6, 6.07) is 16.4. The maximum Gasteiger partial charge on any atom is 0.431 e. The highest BCUT2D eigenvalue weighted by Gasteiger charge is 2.41. The molecule has 4 rings (SSSR count). The Morgan fingerprint density at radius 2 is 1.64 bits per heavy atom. The molecule has 3 aromatic rings. The minimum absolute atomic E-state index is 0.0822. The second-order valence-corrected chi connectivity index (χ2v) is 10.5. The minimum atomic E-state index is -1.27. The third-order valence-electron chi connectivity index (χ3n) is 7.36. The van der Waals surface area contributed by atoms with Crippen LogP contribution in [0.4, 0.5) is 18.0 Å². The van der Waals surface area contributed by atoms with Crippen LogP contribution in [0, 0.1) is 24.4 Å². The van der Waals surface area contributed by atoms with Gasteiger partial charge in [-0.15, -0.1) is 0 Å². The first-order valence-corrected chi connectivity index (χ1v) is 13.2. The molecule has 6 nitrogen and oxygen atoms in total. The summed E-state index contributed by atoms with van der Waals surface area (Å²) in [7, 11) is 3.95. The Morgan fingerprint density at radius 1 is 0.974 bits per heavy atom. The van der Waals surface area contributed by atoms with E-state index in [0.717, 1.165) is 24.9 Å². The molecule has 1 aliphatic heterocycles. The maximum absolute atomic E-state index is 14.0. The number of nitrogens with zero attached hydrogens (tertiary/aromatic N) is 2. The summed E-state index contributed by atoms with van der Waals surface area (Å²) in [5, 5.41) is 0. The van der Waals surface area contributed by atoms with E-state index < -0.39 is 23.2 Å². The lowest BCUT2D eigenvalue weighted by molar-refractivity contribution is -0.869. The van der Waals surface area contributed by atoms with Crippen molar-refractivity contribution < 1.29 is 27.2 Å². The molecule has 39 heavy (non-hydrogen) atoms. The molecule has 208 valence electrons. The number of carbonyl (C=O) groups is 1. The zero-order valence-electron chi connectivity index (χ0n) is 22.6. The third-order valence-corrected chi connectivity index (χ3v) is 7.36. The number of likely N-dealkylation sites (N-methyl/N-ethyl adjacent to an activating group) is 1. The molecule has 0 spiro atoms. The Hall–Kier alpha value is -3.40. The number of ether oxygens (including phenoxy) is 1. The van der Waals surface area contributed by atoms with E-state index in [1.165, 1.54) is 11.1 Å². The molecule has 1 saturated heterocycles. The largest absolute Gasteiger partial charge is 0.454 e. The lowest BCUT2D eigenvalue weighted by Gasteiger charge is -2.41. The van der Waals surface area contributed by atoms with E-state index in [1.807, 2.05) is 37.2 Å². The molecule has 3 aromatic carbocycles. The van der Waals surface area contributed by atoms with Gasteiger partial charge in [-0.2, -0.15) is 0 Å². The van der Waals surface area contributed by atoms with Crippen molar-refractivity contribution in [2.45, 2.75) is 32.2 Å². The van der Waals surface area contributed by atoms with Crippen molar-refractivity contribution in [1.82, 2.24) is 15.8 Å². The molecule has 0 unspecified atom stereocenters. The predicted molar refractivity (Wildman–Crippen MR) is 145 cm³/mol. The summed E-state index contributed by atoms with van der Waals surface area (Å²) in [4.78, 5) is 15.6. The molecular weight excluding hydrogens is 505 g/mol. The van der Waals surface area contributed by atoms with Gasteiger partial charge in [-0.1, -0.05) is 24.3 Å². The van der Waals surface area contributed by atoms with Crippen molar-refractivity contribution in [1.29, 1.82) is 0 Å². The van der Waals surface area contributed by atoms with Gasteiger partial charge < -0.3 is 9.64 Å². The molecule has 1 fully saturated rings. The van der Waals surface area contributed by atoms with Crippen LogP contribution in [0.3, 0.4) is 0 Å². The number of aryl methyl sites for hydroxylation is 1. The van der Waals surface area contributed by atoms with Gasteiger partial charge in [0.05, 0.1) is 13.1 Å². The number of rotatable bonds is 9. The zero-order valence-corrected chi connectivity index (χ0v) is 22.6. The van der Waals surface area contributed by atoms with Gasteiger partial charge in [0.15, 0.2) is 23.2 Å². The molecule has 0 saturated carbocycles. The molecule has 0 aliphatic carbocycles. The Morgan fingerprint density at radius 3 is 2.31 bits per heavy atom. The van der Waals surface area contributed by atoms with Crippen molar-refractivity contribution in [2.24, 2.45) is 0 Å². The van der Waals surface area contributed by atoms with Crippen molar-refractivity contribution in [3.63, 3.8) is 0 Å². The standard InChI is InChI=1S/C30H35F3N4O2/c1-21-6-4-5-7-25(21)23-12-16-37(17-13-23,30(38)35-34-14-15-36(2)3)20-22-8-10-24(11-9-22)39-29-19-27(32)26(31)18-28(29)33/h4-11,18-19,23,34H,12-17,20H2,1-3H3/p+1. The number of hydrogen-bond donors (Lipinski definition) is 2. The van der Waals surface area contributed by atoms with Crippen LogP contribution in [0.1, 0.15) is 35.4 Å². The molecule has 2 N–H and O–H groups in total. The second kappa shape index (κ2) is 12.6. The number of piperidine rings is 1. The van der Waals surface area contributed by atoms with E-state index in [-0.39, 0.29) is 16.3 Å². The number of urea groups is 1. The van der Waals surface area contributed by atoms with Crippen LogP contribution in [0.2, 0.25) is 0 Å². The lowest BCUT2D eigenvalue weighted by Crippen LogP contribution is -2.62. The number of amides is 2. The summed E-state index contributed by atoms with van der Waals surface area (Å²) < 4.78 is 46.5. The van der Waals surface area contributed by atoms with Crippen LogP contribution in [0.5, 0.6) is 11.5 Å². The number of benzene rings is 3. The fourth-order valence-corrected chi connectivity index (χ4v) is 5.11. The van der Waals surface area contributed by atoms with Crippen LogP contribution in [0.15, 0.2) is 60.7 Å². The van der Waals surface area contributed by atoms with Gasteiger partial charge in [-0.3, -0.25) is 0 Å². The molecule has 0 aromatic heterocycles. The molecule has 9 heteroatoms. The minimum Gasteiger partial charge on any atom is -0.454 e. The number of nitrogens with one attached hydrogen (secondary N) is 2. The number of hydrazine groups is 1. The first-order chi connectivity index (χ1) is 18.7. The maximum atomic E-state index is 14.0. The van der Waals surface area contributed by atoms with Crippen LogP contribution in [-0.2, 0) is 6.54 Å². The average Bonchev–Trinajstić information content (AvgIpc) is 2.91. The molecule has 0 radical (unpaired) electrons. The van der Waals surface area contributed by atoms with Crippen molar-refractivity contribution in [2.75, 3.05) is 40.3 Å². The fourth-order valence-electron chi connectivity index (χ4n) is 5.11. The highest BCUT2D eigenvalue weighted by molar-refractivity contribution is 5.66. The van der Waals surface area contributed by atoms with Crippen LogP contribution in [-0.4, -0.2) is 55.7 Å². The van der Waals surface area contributed by atoms with Crippen molar-refractivity contribution in [3.05, 3.63) is 94.8 Å². The summed E-state index contributed by atoms with van der Waals surface area (Å²) in [5.74, 6) is -3.17. The number of quaternary nitrogens is 1. The van der Waals surface area contributed by atoms with Crippen LogP contribution >= 0.6 is 0 Å². The molecule has 1 aliphatic rings. The van der Waals surface area contributed by atoms with Crippen molar-refractivity contribution >= 4 is 6.03 Å². The van der Waals surface area contributed by atoms with E-state index in [0.29, 0.717) is 44.2 Å². The first-order valence-electron chi connectivity index (χ1n) is 13.2. The van der Waals surface area contributed by atoms with Gasteiger partial charge in [-0.25, -0.2) is 33.3 Å². The Kier molecular flexibility index (Phi) is 9.27. The van der Waals surface area contributed by atoms with Crippen LogP contribution < -0.4 is 15.6 Å². The second-order valence-electron chi connectivity index (χ2n) is 10.5. The number of halogens is 3. The number of likely N-dealkylation sites (tertiary alicyclic amines) is 1. The molecule has 1 heterocycles. The van der Waals surface area contributed by atoms with E-state index in [9.17, 15) is 18.0 Å². The first kappa shape index (κ1) is 28.6. The lowest BCUT2D eigenvalue weighted by atomic mass is 9.85. The topological polar surface area (TPSA) is 53.6 Å². The quantitative estimate of drug-likeness (QED) is 0.154. The van der Waals surface area contributed by atoms with E-state index in [1.54, 1.807) is 12.1 Å². The normalized spacial score (nSPS) is 19.2. The van der Waals surface area contributed by atoms with Gasteiger partial charge >= 0.3 is 6.03 Å². The van der Waals surface area contributed by atoms with Crippen molar-refractivity contribution in [3.8, 4) is 11.5 Å². The van der Waals surface area contributed by atoms with Gasteiger partial charge in [0.2, 0.25) is 0 Å².